The van der Waals surface area contributed by atoms with Crippen molar-refractivity contribution in [2.45, 2.75) is 52.9 Å². The zero-order valence-electron chi connectivity index (χ0n) is 16.3. The second kappa shape index (κ2) is 7.76. The molecule has 1 aliphatic rings. The van der Waals surface area contributed by atoms with E-state index < -0.39 is 0 Å². The third-order valence-electron chi connectivity index (χ3n) is 4.51. The zero-order valence-corrected chi connectivity index (χ0v) is 17.1. The molecule has 0 bridgehead atoms. The molecule has 27 heavy (non-hydrogen) atoms. The molecule has 144 valence electrons. The standard InChI is InChI=1S/C20H26N4O2S/c1-5-13-6-8-15(9-7-13)24-12-14(10-17(24)26)18-22-23-19(27-18)21-16(25)11-20(2,3)4/h6-9,14H,5,10-12H2,1-4H3,(H,21,23,25)/t14-/m1/s1. The number of rotatable bonds is 5. The van der Waals surface area contributed by atoms with Gasteiger partial charge in [-0.05, 0) is 29.5 Å². The van der Waals surface area contributed by atoms with Crippen molar-refractivity contribution in [3.05, 3.63) is 34.8 Å². The third-order valence-corrected chi connectivity index (χ3v) is 5.51. The van der Waals surface area contributed by atoms with Crippen LogP contribution >= 0.6 is 11.3 Å². The van der Waals surface area contributed by atoms with Gasteiger partial charge in [0.05, 0.1) is 0 Å². The number of amides is 2. The van der Waals surface area contributed by atoms with Gasteiger partial charge in [0, 0.05) is 31.0 Å². The molecule has 1 atom stereocenters. The smallest absolute Gasteiger partial charge is 0.227 e. The highest BCUT2D eigenvalue weighted by Gasteiger charge is 2.34. The van der Waals surface area contributed by atoms with E-state index in [9.17, 15) is 9.59 Å². The lowest BCUT2D eigenvalue weighted by Crippen LogP contribution is -2.24. The quantitative estimate of drug-likeness (QED) is 0.843. The lowest BCUT2D eigenvalue weighted by atomic mass is 9.92. The SMILES string of the molecule is CCc1ccc(N2C[C@H](c3nnc(NC(=O)CC(C)(C)C)s3)CC2=O)cc1. The van der Waals surface area contributed by atoms with E-state index in [0.717, 1.165) is 17.1 Å². The minimum Gasteiger partial charge on any atom is -0.312 e. The highest BCUT2D eigenvalue weighted by molar-refractivity contribution is 7.15. The highest BCUT2D eigenvalue weighted by Crippen LogP contribution is 2.34. The first-order valence-electron chi connectivity index (χ1n) is 9.28. The monoisotopic (exact) mass is 386 g/mol. The Hall–Kier alpha value is -2.28. The molecule has 6 nitrogen and oxygen atoms in total. The van der Waals surface area contributed by atoms with Crippen LogP contribution in [0, 0.1) is 5.41 Å². The topological polar surface area (TPSA) is 75.2 Å². The van der Waals surface area contributed by atoms with Crippen LogP contribution in [0.25, 0.3) is 0 Å². The van der Waals surface area contributed by atoms with Crippen LogP contribution in [0.4, 0.5) is 10.8 Å². The molecule has 1 aromatic heterocycles. The molecule has 0 radical (unpaired) electrons. The minimum atomic E-state index is -0.0801. The number of anilines is 2. The predicted octanol–water partition coefficient (Wildman–Crippen LogP) is 4.00. The van der Waals surface area contributed by atoms with Crippen LogP contribution in [0.5, 0.6) is 0 Å². The fourth-order valence-corrected chi connectivity index (χ4v) is 3.98. The number of aryl methyl sites for hydroxylation is 1. The largest absolute Gasteiger partial charge is 0.312 e. The van der Waals surface area contributed by atoms with Gasteiger partial charge in [-0.25, -0.2) is 0 Å². The van der Waals surface area contributed by atoms with E-state index in [1.807, 2.05) is 37.8 Å². The lowest BCUT2D eigenvalue weighted by Gasteiger charge is -2.16. The van der Waals surface area contributed by atoms with Crippen molar-refractivity contribution in [1.82, 2.24) is 10.2 Å². The van der Waals surface area contributed by atoms with Crippen molar-refractivity contribution < 1.29 is 9.59 Å². The van der Waals surface area contributed by atoms with E-state index in [2.05, 4.69) is 34.6 Å². The molecular formula is C20H26N4O2S. The molecule has 3 rings (SSSR count). The Morgan fingerprint density at radius 1 is 1.26 bits per heavy atom. The molecule has 7 heteroatoms. The van der Waals surface area contributed by atoms with Crippen LogP contribution in [0.1, 0.15) is 57.0 Å². The van der Waals surface area contributed by atoms with E-state index in [0.29, 0.717) is 24.5 Å². The third kappa shape index (κ3) is 4.91. The maximum absolute atomic E-state index is 12.5. The van der Waals surface area contributed by atoms with Gasteiger partial charge in [-0.3, -0.25) is 9.59 Å². The lowest BCUT2D eigenvalue weighted by molar-refractivity contribution is -0.118. The van der Waals surface area contributed by atoms with Crippen molar-refractivity contribution in [2.24, 2.45) is 5.41 Å². The molecule has 0 saturated carbocycles. The highest BCUT2D eigenvalue weighted by atomic mass is 32.1. The number of carbonyl (C=O) groups excluding carboxylic acids is 2. The summed E-state index contributed by atoms with van der Waals surface area (Å²) in [5.41, 5.74) is 2.09. The van der Waals surface area contributed by atoms with Gasteiger partial charge in [0.2, 0.25) is 16.9 Å². The van der Waals surface area contributed by atoms with Gasteiger partial charge in [0.1, 0.15) is 5.01 Å². The number of nitrogens with zero attached hydrogens (tertiary/aromatic N) is 3. The van der Waals surface area contributed by atoms with Gasteiger partial charge in [-0.2, -0.15) is 0 Å². The minimum absolute atomic E-state index is 0.00844. The number of hydrogen-bond donors (Lipinski definition) is 1. The number of nitrogens with one attached hydrogen (secondary N) is 1. The second-order valence-corrected chi connectivity index (χ2v) is 9.17. The Balaban J connectivity index is 1.65. The summed E-state index contributed by atoms with van der Waals surface area (Å²) in [6, 6.07) is 8.11. The normalized spacial score (nSPS) is 17.4. The first-order valence-corrected chi connectivity index (χ1v) is 10.1. The van der Waals surface area contributed by atoms with Crippen LogP contribution < -0.4 is 10.2 Å². The van der Waals surface area contributed by atoms with Crippen LogP contribution in [0.2, 0.25) is 0 Å². The number of benzene rings is 1. The molecule has 1 saturated heterocycles. The number of carbonyl (C=O) groups is 2. The van der Waals surface area contributed by atoms with E-state index in [1.54, 1.807) is 0 Å². The van der Waals surface area contributed by atoms with Crippen molar-refractivity contribution >= 4 is 34.0 Å². The zero-order chi connectivity index (χ0) is 19.6. The summed E-state index contributed by atoms with van der Waals surface area (Å²) in [7, 11) is 0. The molecule has 0 spiro atoms. The first kappa shape index (κ1) is 19.5. The van der Waals surface area contributed by atoms with Gasteiger partial charge in [-0.1, -0.05) is 51.2 Å². The molecule has 1 aromatic carbocycles. The summed E-state index contributed by atoms with van der Waals surface area (Å²) >= 11 is 1.36. The molecule has 2 aromatic rings. The van der Waals surface area contributed by atoms with E-state index in [4.69, 9.17) is 0 Å². The molecule has 2 amide bonds. The summed E-state index contributed by atoms with van der Waals surface area (Å²) in [6.45, 7) is 8.76. The van der Waals surface area contributed by atoms with Crippen molar-refractivity contribution in [3.8, 4) is 0 Å². The molecular weight excluding hydrogens is 360 g/mol. The van der Waals surface area contributed by atoms with Crippen LogP contribution in [0.15, 0.2) is 24.3 Å². The van der Waals surface area contributed by atoms with Gasteiger partial charge >= 0.3 is 0 Å². The summed E-state index contributed by atoms with van der Waals surface area (Å²) in [4.78, 5) is 26.3. The summed E-state index contributed by atoms with van der Waals surface area (Å²) in [5.74, 6) is 0.0391. The Kier molecular flexibility index (Phi) is 5.60. The van der Waals surface area contributed by atoms with E-state index >= 15 is 0 Å². The van der Waals surface area contributed by atoms with Gasteiger partial charge in [0.25, 0.3) is 0 Å². The Labute approximate surface area is 164 Å². The first-order chi connectivity index (χ1) is 12.7. The molecule has 0 aliphatic carbocycles. The number of hydrogen-bond acceptors (Lipinski definition) is 5. The van der Waals surface area contributed by atoms with Gasteiger partial charge in [0.15, 0.2) is 0 Å². The molecule has 1 fully saturated rings. The van der Waals surface area contributed by atoms with Crippen molar-refractivity contribution in [1.29, 1.82) is 0 Å². The van der Waals surface area contributed by atoms with Crippen molar-refractivity contribution in [2.75, 3.05) is 16.8 Å². The summed E-state index contributed by atoms with van der Waals surface area (Å²) in [6.07, 6.45) is 1.82. The van der Waals surface area contributed by atoms with E-state index in [-0.39, 0.29) is 23.1 Å². The predicted molar refractivity (Wildman–Crippen MR) is 108 cm³/mol. The summed E-state index contributed by atoms with van der Waals surface area (Å²) in [5, 5.41) is 12.4. The molecule has 2 heterocycles. The average molecular weight is 387 g/mol. The Morgan fingerprint density at radius 3 is 2.59 bits per heavy atom. The average Bonchev–Trinajstić information content (AvgIpc) is 3.20. The fourth-order valence-electron chi connectivity index (χ4n) is 3.13. The Bertz CT molecular complexity index is 823. The molecule has 0 unspecified atom stereocenters. The fraction of sp³-hybridized carbons (Fsp3) is 0.500. The Morgan fingerprint density at radius 2 is 1.96 bits per heavy atom. The second-order valence-electron chi connectivity index (χ2n) is 8.16. The molecule has 1 N–H and O–H groups in total. The maximum atomic E-state index is 12.5. The van der Waals surface area contributed by atoms with Crippen LogP contribution in [-0.2, 0) is 16.0 Å². The summed E-state index contributed by atoms with van der Waals surface area (Å²) < 4.78 is 0. The van der Waals surface area contributed by atoms with E-state index in [1.165, 1.54) is 16.9 Å². The number of aromatic nitrogens is 2. The van der Waals surface area contributed by atoms with Crippen LogP contribution in [-0.4, -0.2) is 28.6 Å². The van der Waals surface area contributed by atoms with Crippen molar-refractivity contribution in [3.63, 3.8) is 0 Å². The van der Waals surface area contributed by atoms with Crippen LogP contribution in [0.3, 0.4) is 0 Å². The van der Waals surface area contributed by atoms with Gasteiger partial charge in [-0.15, -0.1) is 10.2 Å². The maximum Gasteiger partial charge on any atom is 0.227 e. The van der Waals surface area contributed by atoms with Gasteiger partial charge < -0.3 is 10.2 Å². The molecule has 1 aliphatic heterocycles.